The summed E-state index contributed by atoms with van der Waals surface area (Å²) in [6.07, 6.45) is 8.72. The lowest BCUT2D eigenvalue weighted by molar-refractivity contribution is 0.973. The molecular weight excluding hydrogens is 402 g/mol. The Bertz CT molecular complexity index is 1760. The first kappa shape index (κ1) is 18.5. The van der Waals surface area contributed by atoms with E-state index in [9.17, 15) is 0 Å². The van der Waals surface area contributed by atoms with Crippen molar-refractivity contribution in [3.63, 3.8) is 0 Å². The van der Waals surface area contributed by atoms with Gasteiger partial charge < -0.3 is 4.57 Å². The summed E-state index contributed by atoms with van der Waals surface area (Å²) in [5, 5.41) is 3.63. The van der Waals surface area contributed by atoms with Crippen molar-refractivity contribution in [3.8, 4) is 5.69 Å². The molecule has 3 heterocycles. The highest BCUT2D eigenvalue weighted by Gasteiger charge is 2.20. The van der Waals surface area contributed by atoms with Crippen molar-refractivity contribution in [1.82, 2.24) is 14.1 Å². The molecule has 0 N–H and O–H groups in total. The molecule has 1 aliphatic rings. The van der Waals surface area contributed by atoms with Gasteiger partial charge in [-0.05, 0) is 56.2 Å². The maximum atomic E-state index is 5.36. The minimum absolute atomic E-state index is 1.02. The normalized spacial score (nSPS) is 14.0. The third kappa shape index (κ3) is 2.66. The zero-order valence-corrected chi connectivity index (χ0v) is 18.5. The van der Waals surface area contributed by atoms with Crippen LogP contribution in [-0.2, 0) is 0 Å². The van der Waals surface area contributed by atoms with Gasteiger partial charge in [0.25, 0.3) is 0 Å². The Kier molecular flexibility index (Phi) is 3.88. The summed E-state index contributed by atoms with van der Waals surface area (Å²) in [4.78, 5) is 5.36. The predicted molar refractivity (Wildman–Crippen MR) is 139 cm³/mol. The molecule has 0 radical (unpaired) electrons. The van der Waals surface area contributed by atoms with Gasteiger partial charge in [0, 0.05) is 27.5 Å². The summed E-state index contributed by atoms with van der Waals surface area (Å²) >= 11 is 0. The lowest BCUT2D eigenvalue weighted by Crippen LogP contribution is -2.00. The van der Waals surface area contributed by atoms with Gasteiger partial charge in [0.1, 0.15) is 5.65 Å². The smallest absolute Gasteiger partial charge is 0.146 e. The van der Waals surface area contributed by atoms with Gasteiger partial charge in [-0.15, -0.1) is 0 Å². The molecule has 0 fully saturated rings. The Balaban J connectivity index is 1.66. The Morgan fingerprint density at radius 2 is 1.45 bits per heavy atom. The van der Waals surface area contributed by atoms with Gasteiger partial charge in [0.05, 0.1) is 22.1 Å². The maximum Gasteiger partial charge on any atom is 0.146 e. The Labute approximate surface area is 191 Å². The number of fused-ring (bicyclic) bond motifs is 6. The van der Waals surface area contributed by atoms with Crippen LogP contribution in [0.4, 0.5) is 0 Å². The fraction of sp³-hybridized carbons (Fsp3) is 0.100. The molecular formula is C30H23N3. The number of rotatable bonds is 2. The Morgan fingerprint density at radius 1 is 0.727 bits per heavy atom. The van der Waals surface area contributed by atoms with Crippen molar-refractivity contribution < 1.29 is 0 Å². The number of benzene rings is 3. The fourth-order valence-electron chi connectivity index (χ4n) is 5.28. The highest BCUT2D eigenvalue weighted by atomic mass is 15.1. The molecule has 0 unspecified atom stereocenters. The zero-order valence-electron chi connectivity index (χ0n) is 18.5. The van der Waals surface area contributed by atoms with E-state index in [0.717, 1.165) is 35.2 Å². The van der Waals surface area contributed by atoms with Crippen LogP contribution in [0.5, 0.6) is 0 Å². The highest BCUT2D eigenvalue weighted by molar-refractivity contribution is 6.16. The molecule has 0 saturated carbocycles. The first-order valence-corrected chi connectivity index (χ1v) is 11.6. The second-order valence-electron chi connectivity index (χ2n) is 8.89. The van der Waals surface area contributed by atoms with Crippen LogP contribution in [0.25, 0.3) is 55.3 Å². The molecule has 3 heteroatoms. The van der Waals surface area contributed by atoms with E-state index in [1.807, 2.05) is 0 Å². The molecule has 0 aliphatic heterocycles. The molecule has 3 aromatic heterocycles. The summed E-state index contributed by atoms with van der Waals surface area (Å²) in [5.41, 5.74) is 9.37. The highest BCUT2D eigenvalue weighted by Crippen LogP contribution is 2.38. The second-order valence-corrected chi connectivity index (χ2v) is 8.89. The van der Waals surface area contributed by atoms with Gasteiger partial charge >= 0.3 is 0 Å². The summed E-state index contributed by atoms with van der Waals surface area (Å²) in [6, 6.07) is 28.4. The molecule has 0 spiro atoms. The van der Waals surface area contributed by atoms with Crippen LogP contribution in [0.15, 0.2) is 97.1 Å². The van der Waals surface area contributed by atoms with Crippen molar-refractivity contribution in [3.05, 3.63) is 103 Å². The quantitative estimate of drug-likeness (QED) is 0.278. The summed E-state index contributed by atoms with van der Waals surface area (Å²) in [7, 11) is 0. The van der Waals surface area contributed by atoms with Crippen molar-refractivity contribution in [2.75, 3.05) is 0 Å². The number of para-hydroxylation sites is 2. The number of nitrogens with zero attached hydrogens (tertiary/aromatic N) is 3. The van der Waals surface area contributed by atoms with Crippen LogP contribution >= 0.6 is 0 Å². The molecule has 7 rings (SSSR count). The van der Waals surface area contributed by atoms with Gasteiger partial charge in [-0.3, -0.25) is 4.57 Å². The molecule has 158 valence electrons. The average molecular weight is 426 g/mol. The molecule has 3 nitrogen and oxygen atoms in total. The monoisotopic (exact) mass is 425 g/mol. The maximum absolute atomic E-state index is 5.36. The minimum Gasteiger partial charge on any atom is -0.308 e. The lowest BCUT2D eigenvalue weighted by Gasteiger charge is -2.13. The van der Waals surface area contributed by atoms with E-state index in [4.69, 9.17) is 4.98 Å². The van der Waals surface area contributed by atoms with Gasteiger partial charge in [0.15, 0.2) is 0 Å². The summed E-state index contributed by atoms with van der Waals surface area (Å²) in [6.45, 7) is 2.13. The standard InChI is InChI=1S/C30H23N3/c1-20-15-17-22(18-16-20)32-27-14-8-6-12-24(27)29-28(32)19-25-23-11-5-7-13-26(23)33(30(25)31-29)21-9-3-2-4-10-21/h2-3,5-9,11-19H,4,10H2,1H3. The molecule has 0 atom stereocenters. The van der Waals surface area contributed by atoms with Crippen LogP contribution in [0.1, 0.15) is 18.4 Å². The van der Waals surface area contributed by atoms with E-state index in [1.165, 1.54) is 38.5 Å². The number of aromatic nitrogens is 3. The number of hydrogen-bond acceptors (Lipinski definition) is 1. The van der Waals surface area contributed by atoms with E-state index in [0.29, 0.717) is 0 Å². The van der Waals surface area contributed by atoms with Gasteiger partial charge in [-0.25, -0.2) is 4.98 Å². The van der Waals surface area contributed by atoms with Crippen molar-refractivity contribution in [2.45, 2.75) is 19.8 Å². The van der Waals surface area contributed by atoms with Gasteiger partial charge in [-0.1, -0.05) is 66.2 Å². The SMILES string of the molecule is Cc1ccc(-n2c3ccccc3c3nc4c(cc32)c2ccccc2n4C2=CC=CCC2)cc1. The van der Waals surface area contributed by atoms with E-state index >= 15 is 0 Å². The summed E-state index contributed by atoms with van der Waals surface area (Å²) in [5.74, 6) is 0. The number of hydrogen-bond donors (Lipinski definition) is 0. The van der Waals surface area contributed by atoms with Crippen LogP contribution in [-0.4, -0.2) is 14.1 Å². The average Bonchev–Trinajstić information content (AvgIpc) is 3.36. The molecule has 6 aromatic rings. The van der Waals surface area contributed by atoms with Crippen LogP contribution in [0.3, 0.4) is 0 Å². The molecule has 1 aliphatic carbocycles. The van der Waals surface area contributed by atoms with E-state index < -0.39 is 0 Å². The van der Waals surface area contributed by atoms with Crippen LogP contribution < -0.4 is 0 Å². The number of pyridine rings is 1. The van der Waals surface area contributed by atoms with E-state index in [1.54, 1.807) is 0 Å². The first-order chi connectivity index (χ1) is 16.3. The molecule has 0 amide bonds. The third-order valence-corrected chi connectivity index (χ3v) is 6.84. The van der Waals surface area contributed by atoms with E-state index in [-0.39, 0.29) is 0 Å². The molecule has 0 saturated heterocycles. The minimum atomic E-state index is 1.02. The fourth-order valence-corrected chi connectivity index (χ4v) is 5.28. The Morgan fingerprint density at radius 3 is 2.21 bits per heavy atom. The van der Waals surface area contributed by atoms with Crippen LogP contribution in [0, 0.1) is 6.92 Å². The van der Waals surface area contributed by atoms with E-state index in [2.05, 4.69) is 113 Å². The summed E-state index contributed by atoms with van der Waals surface area (Å²) < 4.78 is 4.72. The third-order valence-electron chi connectivity index (χ3n) is 6.84. The van der Waals surface area contributed by atoms with Crippen molar-refractivity contribution >= 4 is 49.6 Å². The second kappa shape index (κ2) is 6.94. The first-order valence-electron chi connectivity index (χ1n) is 11.6. The molecule has 33 heavy (non-hydrogen) atoms. The zero-order chi connectivity index (χ0) is 21.9. The number of aryl methyl sites for hydroxylation is 1. The Hall–Kier alpha value is -4.11. The molecule has 0 bridgehead atoms. The topological polar surface area (TPSA) is 22.8 Å². The largest absolute Gasteiger partial charge is 0.308 e. The van der Waals surface area contributed by atoms with Crippen molar-refractivity contribution in [1.29, 1.82) is 0 Å². The van der Waals surface area contributed by atoms with Gasteiger partial charge in [-0.2, -0.15) is 0 Å². The predicted octanol–water partition coefficient (Wildman–Crippen LogP) is 7.79. The molecule has 3 aromatic carbocycles. The van der Waals surface area contributed by atoms with Crippen molar-refractivity contribution in [2.24, 2.45) is 0 Å². The van der Waals surface area contributed by atoms with Crippen LogP contribution in [0.2, 0.25) is 0 Å². The lowest BCUT2D eigenvalue weighted by atomic mass is 10.1. The van der Waals surface area contributed by atoms with Gasteiger partial charge in [0.2, 0.25) is 0 Å². The number of allylic oxidation sites excluding steroid dienone is 4.